The van der Waals surface area contributed by atoms with Gasteiger partial charge in [-0.05, 0) is 46.8 Å². The molecule has 0 heterocycles. The van der Waals surface area contributed by atoms with Gasteiger partial charge in [-0.25, -0.2) is 0 Å². The smallest absolute Gasteiger partial charge is 0.125 e. The van der Waals surface area contributed by atoms with Gasteiger partial charge in [-0.2, -0.15) is 0 Å². The van der Waals surface area contributed by atoms with Crippen molar-refractivity contribution < 1.29 is 9.84 Å². The van der Waals surface area contributed by atoms with Crippen LogP contribution in [0.15, 0.2) is 18.2 Å². The molecule has 1 aromatic rings. The SMILES string of the molecule is CC(C)(O)COc1cccc(Cl)c1CNC(C)(C)C. The van der Waals surface area contributed by atoms with Crippen LogP contribution in [0.3, 0.4) is 0 Å². The molecular weight excluding hydrogens is 262 g/mol. The molecule has 0 saturated heterocycles. The van der Waals surface area contributed by atoms with E-state index in [1.165, 1.54) is 0 Å². The summed E-state index contributed by atoms with van der Waals surface area (Å²) in [4.78, 5) is 0. The van der Waals surface area contributed by atoms with Crippen molar-refractivity contribution in [2.75, 3.05) is 6.61 Å². The molecule has 0 saturated carbocycles. The van der Waals surface area contributed by atoms with Crippen LogP contribution in [-0.4, -0.2) is 22.9 Å². The van der Waals surface area contributed by atoms with E-state index >= 15 is 0 Å². The number of hydrogen-bond acceptors (Lipinski definition) is 3. The summed E-state index contributed by atoms with van der Waals surface area (Å²) in [5.41, 5.74) is 0.0624. The Labute approximate surface area is 120 Å². The molecule has 0 fully saturated rings. The van der Waals surface area contributed by atoms with E-state index in [9.17, 15) is 5.11 Å². The first-order valence-corrected chi connectivity index (χ1v) is 6.84. The Balaban J connectivity index is 2.83. The number of ether oxygens (including phenoxy) is 1. The number of aliphatic hydroxyl groups is 1. The summed E-state index contributed by atoms with van der Waals surface area (Å²) in [5.74, 6) is 0.714. The first-order valence-electron chi connectivity index (χ1n) is 6.46. The second-order valence-corrected chi connectivity index (χ2v) is 6.83. The molecule has 0 aliphatic heterocycles. The normalized spacial score (nSPS) is 12.6. The first kappa shape index (κ1) is 16.3. The van der Waals surface area contributed by atoms with Gasteiger partial charge < -0.3 is 15.2 Å². The molecule has 1 aromatic carbocycles. The molecule has 0 atom stereocenters. The quantitative estimate of drug-likeness (QED) is 0.871. The number of halogens is 1. The van der Waals surface area contributed by atoms with Crippen LogP contribution in [0.4, 0.5) is 0 Å². The Hall–Kier alpha value is -0.770. The van der Waals surface area contributed by atoms with Gasteiger partial charge in [0.1, 0.15) is 12.4 Å². The van der Waals surface area contributed by atoms with E-state index in [1.54, 1.807) is 13.8 Å². The molecule has 0 radical (unpaired) electrons. The van der Waals surface area contributed by atoms with Crippen LogP contribution in [0.5, 0.6) is 5.75 Å². The van der Waals surface area contributed by atoms with Gasteiger partial charge in [0.15, 0.2) is 0 Å². The molecule has 0 aliphatic carbocycles. The molecule has 0 aliphatic rings. The molecule has 0 unspecified atom stereocenters. The van der Waals surface area contributed by atoms with Gasteiger partial charge in [0.25, 0.3) is 0 Å². The molecule has 0 spiro atoms. The topological polar surface area (TPSA) is 41.5 Å². The van der Waals surface area contributed by atoms with Crippen molar-refractivity contribution in [3.05, 3.63) is 28.8 Å². The van der Waals surface area contributed by atoms with E-state index in [0.717, 1.165) is 5.56 Å². The van der Waals surface area contributed by atoms with Gasteiger partial charge >= 0.3 is 0 Å². The molecule has 1 rings (SSSR count). The van der Waals surface area contributed by atoms with Crippen molar-refractivity contribution in [3.8, 4) is 5.75 Å². The molecule has 3 nitrogen and oxygen atoms in total. The monoisotopic (exact) mass is 285 g/mol. The lowest BCUT2D eigenvalue weighted by Gasteiger charge is -2.23. The summed E-state index contributed by atoms with van der Waals surface area (Å²) in [5, 5.41) is 13.8. The van der Waals surface area contributed by atoms with Crippen LogP contribution in [0.25, 0.3) is 0 Å². The first-order chi connectivity index (χ1) is 8.58. The van der Waals surface area contributed by atoms with Gasteiger partial charge in [-0.15, -0.1) is 0 Å². The zero-order valence-corrected chi connectivity index (χ0v) is 13.1. The minimum absolute atomic E-state index is 0.00664. The van der Waals surface area contributed by atoms with E-state index < -0.39 is 5.60 Å². The minimum Gasteiger partial charge on any atom is -0.490 e. The van der Waals surface area contributed by atoms with Crippen LogP contribution >= 0.6 is 11.6 Å². The van der Waals surface area contributed by atoms with Crippen LogP contribution in [0, 0.1) is 0 Å². The third-order valence-electron chi connectivity index (χ3n) is 2.45. The maximum Gasteiger partial charge on any atom is 0.125 e. The number of rotatable bonds is 5. The van der Waals surface area contributed by atoms with Crippen molar-refractivity contribution in [2.24, 2.45) is 0 Å². The molecule has 19 heavy (non-hydrogen) atoms. The van der Waals surface area contributed by atoms with Crippen molar-refractivity contribution in [1.29, 1.82) is 0 Å². The zero-order chi connectivity index (χ0) is 14.7. The highest BCUT2D eigenvalue weighted by molar-refractivity contribution is 6.31. The summed E-state index contributed by atoms with van der Waals surface area (Å²) in [6.07, 6.45) is 0. The number of hydrogen-bond donors (Lipinski definition) is 2. The second-order valence-electron chi connectivity index (χ2n) is 6.42. The summed E-state index contributed by atoms with van der Waals surface area (Å²) in [6.45, 7) is 10.6. The Morgan fingerprint density at radius 1 is 1.21 bits per heavy atom. The molecular formula is C15H24ClNO2. The Kier molecular flexibility index (Phi) is 5.25. The third-order valence-corrected chi connectivity index (χ3v) is 2.81. The number of benzene rings is 1. The summed E-state index contributed by atoms with van der Waals surface area (Å²) < 4.78 is 5.67. The molecule has 4 heteroatoms. The second kappa shape index (κ2) is 6.12. The molecule has 2 N–H and O–H groups in total. The van der Waals surface area contributed by atoms with E-state index in [4.69, 9.17) is 16.3 Å². The average Bonchev–Trinajstić information content (AvgIpc) is 2.22. The van der Waals surface area contributed by atoms with E-state index in [1.807, 2.05) is 18.2 Å². The Morgan fingerprint density at radius 2 is 1.84 bits per heavy atom. The maximum absolute atomic E-state index is 9.72. The van der Waals surface area contributed by atoms with Crippen LogP contribution in [0.1, 0.15) is 40.2 Å². The van der Waals surface area contributed by atoms with E-state index in [0.29, 0.717) is 17.3 Å². The summed E-state index contributed by atoms with van der Waals surface area (Å²) in [7, 11) is 0. The fraction of sp³-hybridized carbons (Fsp3) is 0.600. The van der Waals surface area contributed by atoms with Gasteiger partial charge in [-0.1, -0.05) is 17.7 Å². The lowest BCUT2D eigenvalue weighted by atomic mass is 10.1. The molecule has 0 bridgehead atoms. The van der Waals surface area contributed by atoms with E-state index in [-0.39, 0.29) is 12.1 Å². The third kappa shape index (κ3) is 6.28. The average molecular weight is 286 g/mol. The van der Waals surface area contributed by atoms with Crippen LogP contribution < -0.4 is 10.1 Å². The summed E-state index contributed by atoms with van der Waals surface area (Å²) >= 11 is 6.23. The van der Waals surface area contributed by atoms with Crippen molar-refractivity contribution >= 4 is 11.6 Å². The lowest BCUT2D eigenvalue weighted by molar-refractivity contribution is 0.0281. The highest BCUT2D eigenvalue weighted by atomic mass is 35.5. The largest absolute Gasteiger partial charge is 0.490 e. The lowest BCUT2D eigenvalue weighted by Crippen LogP contribution is -2.35. The maximum atomic E-state index is 9.72. The highest BCUT2D eigenvalue weighted by Gasteiger charge is 2.17. The number of nitrogens with one attached hydrogen (secondary N) is 1. The van der Waals surface area contributed by atoms with Crippen molar-refractivity contribution in [1.82, 2.24) is 5.32 Å². The Morgan fingerprint density at radius 3 is 2.37 bits per heavy atom. The zero-order valence-electron chi connectivity index (χ0n) is 12.4. The predicted molar refractivity (Wildman–Crippen MR) is 79.8 cm³/mol. The fourth-order valence-corrected chi connectivity index (χ4v) is 1.69. The van der Waals surface area contributed by atoms with Gasteiger partial charge in [0, 0.05) is 22.7 Å². The fourth-order valence-electron chi connectivity index (χ4n) is 1.45. The molecule has 0 aromatic heterocycles. The standard InChI is InChI=1S/C15H24ClNO2/c1-14(2,3)17-9-11-12(16)7-6-8-13(11)19-10-15(4,5)18/h6-8,17-18H,9-10H2,1-5H3. The predicted octanol–water partition coefficient (Wildman–Crippen LogP) is 3.38. The molecule has 0 amide bonds. The van der Waals surface area contributed by atoms with Crippen LogP contribution in [-0.2, 0) is 6.54 Å². The molecule has 108 valence electrons. The van der Waals surface area contributed by atoms with Crippen molar-refractivity contribution in [2.45, 2.75) is 52.3 Å². The summed E-state index contributed by atoms with van der Waals surface area (Å²) in [6, 6.07) is 5.57. The highest BCUT2D eigenvalue weighted by Crippen LogP contribution is 2.27. The van der Waals surface area contributed by atoms with Gasteiger partial charge in [-0.3, -0.25) is 0 Å². The Bertz CT molecular complexity index is 419. The van der Waals surface area contributed by atoms with Gasteiger partial charge in [0.2, 0.25) is 0 Å². The van der Waals surface area contributed by atoms with Crippen molar-refractivity contribution in [3.63, 3.8) is 0 Å². The van der Waals surface area contributed by atoms with E-state index in [2.05, 4.69) is 26.1 Å². The van der Waals surface area contributed by atoms with Crippen LogP contribution in [0.2, 0.25) is 5.02 Å². The van der Waals surface area contributed by atoms with Gasteiger partial charge in [0.05, 0.1) is 5.60 Å². The minimum atomic E-state index is -0.864.